The van der Waals surface area contributed by atoms with Gasteiger partial charge in [0.2, 0.25) is 0 Å². The van der Waals surface area contributed by atoms with Gasteiger partial charge in [-0.05, 0) is 25.5 Å². The molecule has 1 fully saturated rings. The highest BCUT2D eigenvalue weighted by molar-refractivity contribution is 6.30. The van der Waals surface area contributed by atoms with Crippen LogP contribution in [0.1, 0.15) is 19.4 Å². The third kappa shape index (κ3) is 3.31. The minimum atomic E-state index is -0.673. The maximum absolute atomic E-state index is 13.9. The van der Waals surface area contributed by atoms with E-state index in [1.165, 1.54) is 6.07 Å². The van der Waals surface area contributed by atoms with E-state index in [4.69, 9.17) is 16.3 Å². The number of ether oxygens (including phenoxy) is 1. The number of morpholine rings is 1. The molecule has 1 aliphatic rings. The lowest BCUT2D eigenvalue weighted by Gasteiger charge is -2.43. The van der Waals surface area contributed by atoms with Crippen LogP contribution in [-0.4, -0.2) is 48.0 Å². The van der Waals surface area contributed by atoms with Gasteiger partial charge in [-0.1, -0.05) is 23.7 Å². The van der Waals surface area contributed by atoms with E-state index in [0.717, 1.165) is 13.1 Å². The van der Waals surface area contributed by atoms with Crippen molar-refractivity contribution in [1.29, 1.82) is 0 Å². The number of halogens is 2. The molecule has 20 heavy (non-hydrogen) atoms. The van der Waals surface area contributed by atoms with Crippen LogP contribution in [0.3, 0.4) is 0 Å². The molecule has 1 aliphatic heterocycles. The molecule has 0 saturated carbocycles. The van der Waals surface area contributed by atoms with Crippen LogP contribution < -0.4 is 0 Å². The molecular weight excluding hydrogens is 281 g/mol. The third-order valence-corrected chi connectivity index (χ3v) is 4.38. The lowest BCUT2D eigenvalue weighted by Crippen LogP contribution is -2.56. The summed E-state index contributed by atoms with van der Waals surface area (Å²) in [7, 11) is 0. The topological polar surface area (TPSA) is 32.7 Å². The quantitative estimate of drug-likeness (QED) is 0.927. The Bertz CT molecular complexity index is 461. The molecule has 5 heteroatoms. The van der Waals surface area contributed by atoms with Crippen molar-refractivity contribution in [3.8, 4) is 0 Å². The Morgan fingerprint density at radius 1 is 1.40 bits per heavy atom. The van der Waals surface area contributed by atoms with Crippen molar-refractivity contribution in [3.05, 3.63) is 34.6 Å². The van der Waals surface area contributed by atoms with Crippen molar-refractivity contribution < 1.29 is 14.2 Å². The highest BCUT2D eigenvalue weighted by Crippen LogP contribution is 2.26. The van der Waals surface area contributed by atoms with Gasteiger partial charge in [-0.3, -0.25) is 4.90 Å². The first-order valence-electron chi connectivity index (χ1n) is 6.86. The number of benzene rings is 1. The highest BCUT2D eigenvalue weighted by atomic mass is 35.5. The van der Waals surface area contributed by atoms with Gasteiger partial charge < -0.3 is 9.84 Å². The minimum Gasteiger partial charge on any atom is -0.391 e. The monoisotopic (exact) mass is 301 g/mol. The molecule has 0 spiro atoms. The van der Waals surface area contributed by atoms with E-state index in [1.807, 2.05) is 13.8 Å². The Morgan fingerprint density at radius 2 is 2.05 bits per heavy atom. The van der Waals surface area contributed by atoms with Gasteiger partial charge in [-0.25, -0.2) is 4.39 Å². The molecule has 1 unspecified atom stereocenters. The Balaban J connectivity index is 2.09. The van der Waals surface area contributed by atoms with E-state index in [9.17, 15) is 9.50 Å². The van der Waals surface area contributed by atoms with E-state index in [2.05, 4.69) is 4.90 Å². The molecule has 0 aliphatic carbocycles. The van der Waals surface area contributed by atoms with Crippen molar-refractivity contribution in [1.82, 2.24) is 4.90 Å². The van der Waals surface area contributed by atoms with Gasteiger partial charge in [0.25, 0.3) is 0 Å². The summed E-state index contributed by atoms with van der Waals surface area (Å²) in [5.41, 5.74) is 0.0183. The van der Waals surface area contributed by atoms with Gasteiger partial charge >= 0.3 is 0 Å². The molecule has 0 bridgehead atoms. The number of nitrogens with zero attached hydrogens (tertiary/aromatic N) is 1. The molecule has 1 heterocycles. The molecule has 1 aromatic rings. The highest BCUT2D eigenvalue weighted by Gasteiger charge is 2.35. The molecular formula is C15H21ClFNO2. The summed E-state index contributed by atoms with van der Waals surface area (Å²) in [4.78, 5) is 2.18. The second-order valence-electron chi connectivity index (χ2n) is 5.69. The van der Waals surface area contributed by atoms with Crippen molar-refractivity contribution in [2.45, 2.75) is 31.9 Å². The van der Waals surface area contributed by atoms with Crippen LogP contribution in [0.4, 0.5) is 4.39 Å². The predicted molar refractivity (Wildman–Crippen MR) is 77.6 cm³/mol. The maximum Gasteiger partial charge on any atom is 0.145 e. The van der Waals surface area contributed by atoms with Crippen LogP contribution in [-0.2, 0) is 11.2 Å². The summed E-state index contributed by atoms with van der Waals surface area (Å²) in [6.07, 6.45) is -0.426. The molecule has 1 aromatic carbocycles. The summed E-state index contributed by atoms with van der Waals surface area (Å²) in [6.45, 7) is 6.85. The number of rotatable bonds is 4. The summed E-state index contributed by atoms with van der Waals surface area (Å²) in [6, 6.07) is 4.88. The molecule has 112 valence electrons. The van der Waals surface area contributed by atoms with Gasteiger partial charge in [0.1, 0.15) is 5.82 Å². The van der Waals surface area contributed by atoms with E-state index in [1.54, 1.807) is 12.1 Å². The van der Waals surface area contributed by atoms with E-state index >= 15 is 0 Å². The Labute approximate surface area is 124 Å². The zero-order valence-corrected chi connectivity index (χ0v) is 12.7. The van der Waals surface area contributed by atoms with Gasteiger partial charge in [0.15, 0.2) is 0 Å². The smallest absolute Gasteiger partial charge is 0.145 e. The first-order chi connectivity index (χ1) is 9.43. The molecule has 0 aromatic heterocycles. The van der Waals surface area contributed by atoms with Crippen LogP contribution in [0, 0.1) is 5.82 Å². The Morgan fingerprint density at radius 3 is 2.70 bits per heavy atom. The van der Waals surface area contributed by atoms with Crippen LogP contribution in [0.5, 0.6) is 0 Å². The van der Waals surface area contributed by atoms with Crippen molar-refractivity contribution in [2.24, 2.45) is 0 Å². The van der Waals surface area contributed by atoms with Crippen LogP contribution in [0.15, 0.2) is 18.2 Å². The normalized spacial score (nSPS) is 19.1. The summed E-state index contributed by atoms with van der Waals surface area (Å²) in [5, 5.41) is 10.6. The molecule has 0 radical (unpaired) electrons. The average molecular weight is 302 g/mol. The third-order valence-electron chi connectivity index (χ3n) is 4.09. The largest absolute Gasteiger partial charge is 0.391 e. The second-order valence-corrected chi connectivity index (χ2v) is 6.09. The second kappa shape index (κ2) is 6.39. The molecule has 1 atom stereocenters. The van der Waals surface area contributed by atoms with Crippen molar-refractivity contribution in [3.63, 3.8) is 0 Å². The van der Waals surface area contributed by atoms with Gasteiger partial charge in [0.05, 0.1) is 24.3 Å². The van der Waals surface area contributed by atoms with E-state index < -0.39 is 17.5 Å². The average Bonchev–Trinajstić information content (AvgIpc) is 2.44. The van der Waals surface area contributed by atoms with Gasteiger partial charge in [-0.15, -0.1) is 0 Å². The summed E-state index contributed by atoms with van der Waals surface area (Å²) in [5.74, 6) is -0.439. The first-order valence-corrected chi connectivity index (χ1v) is 7.24. The summed E-state index contributed by atoms with van der Waals surface area (Å²) >= 11 is 5.78. The number of aliphatic hydroxyl groups excluding tert-OH is 1. The minimum absolute atomic E-state index is 0.0962. The first kappa shape index (κ1) is 15.7. The SMILES string of the molecule is CC(C)(C(O)Cc1cccc(Cl)c1F)N1CCOCC1. The molecule has 2 rings (SSSR count). The standard InChI is InChI=1S/C15H21ClFNO2/c1-15(2,18-6-8-20-9-7-18)13(19)10-11-4-3-5-12(16)14(11)17/h3-5,13,19H,6-10H2,1-2H3. The zero-order valence-electron chi connectivity index (χ0n) is 11.9. The van der Waals surface area contributed by atoms with Crippen molar-refractivity contribution in [2.75, 3.05) is 26.3 Å². The predicted octanol–water partition coefficient (Wildman–Crippen LogP) is 2.49. The molecule has 3 nitrogen and oxygen atoms in total. The Hall–Kier alpha value is -0.680. The fourth-order valence-corrected chi connectivity index (χ4v) is 2.71. The van der Waals surface area contributed by atoms with E-state index in [-0.39, 0.29) is 11.4 Å². The van der Waals surface area contributed by atoms with Gasteiger partial charge in [0, 0.05) is 25.0 Å². The summed E-state index contributed by atoms with van der Waals surface area (Å²) < 4.78 is 19.2. The molecule has 1 saturated heterocycles. The van der Waals surface area contributed by atoms with Crippen LogP contribution in [0.2, 0.25) is 5.02 Å². The zero-order chi connectivity index (χ0) is 14.8. The molecule has 1 N–H and O–H groups in total. The molecule has 0 amide bonds. The number of hydrogen-bond acceptors (Lipinski definition) is 3. The van der Waals surface area contributed by atoms with Crippen LogP contribution >= 0.6 is 11.6 Å². The van der Waals surface area contributed by atoms with Crippen LogP contribution in [0.25, 0.3) is 0 Å². The fraction of sp³-hybridized carbons (Fsp3) is 0.600. The fourth-order valence-electron chi connectivity index (χ4n) is 2.51. The number of aliphatic hydroxyl groups is 1. The van der Waals surface area contributed by atoms with E-state index in [0.29, 0.717) is 18.8 Å². The number of hydrogen-bond donors (Lipinski definition) is 1. The van der Waals surface area contributed by atoms with Gasteiger partial charge in [-0.2, -0.15) is 0 Å². The lowest BCUT2D eigenvalue weighted by molar-refractivity contribution is -0.0613. The maximum atomic E-state index is 13.9. The van der Waals surface area contributed by atoms with Crippen molar-refractivity contribution >= 4 is 11.6 Å². The lowest BCUT2D eigenvalue weighted by atomic mass is 9.89. The Kier molecular flexibility index (Phi) is 5.02.